The van der Waals surface area contributed by atoms with Crippen molar-refractivity contribution in [1.82, 2.24) is 9.88 Å². The number of hydrogen-bond donors (Lipinski definition) is 0. The molecule has 3 rings (SSSR count). The zero-order valence-corrected chi connectivity index (χ0v) is 15.0. The third-order valence-electron chi connectivity index (χ3n) is 3.88. The Morgan fingerprint density at radius 2 is 1.88 bits per heavy atom. The molecular weight excluding hydrogens is 352 g/mol. The Morgan fingerprint density at radius 3 is 2.58 bits per heavy atom. The number of hydrogen-bond acceptors (Lipinski definition) is 5. The van der Waals surface area contributed by atoms with Crippen LogP contribution in [0.15, 0.2) is 76.5 Å². The molecule has 3 aromatic rings. The van der Waals surface area contributed by atoms with Crippen molar-refractivity contribution in [3.63, 3.8) is 0 Å². The van der Waals surface area contributed by atoms with Gasteiger partial charge in [0.15, 0.2) is 15.6 Å². The average Bonchev–Trinajstić information content (AvgIpc) is 3.10. The average molecular weight is 370 g/mol. The molecule has 0 aliphatic carbocycles. The summed E-state index contributed by atoms with van der Waals surface area (Å²) >= 11 is 0. The van der Waals surface area contributed by atoms with Crippen LogP contribution in [0.3, 0.4) is 0 Å². The lowest BCUT2D eigenvalue weighted by atomic mass is 10.2. The Morgan fingerprint density at radius 1 is 1.12 bits per heavy atom. The molecule has 0 atom stereocenters. The van der Waals surface area contributed by atoms with E-state index in [4.69, 9.17) is 4.42 Å². The van der Waals surface area contributed by atoms with Gasteiger partial charge in [-0.3, -0.25) is 9.78 Å². The number of sulfone groups is 1. The predicted octanol–water partition coefficient (Wildman–Crippen LogP) is 2.92. The van der Waals surface area contributed by atoms with Crippen LogP contribution >= 0.6 is 0 Å². The summed E-state index contributed by atoms with van der Waals surface area (Å²) in [4.78, 5) is 18.4. The van der Waals surface area contributed by atoms with Crippen molar-refractivity contribution in [3.8, 4) is 0 Å². The van der Waals surface area contributed by atoms with Crippen LogP contribution in [0, 0.1) is 0 Å². The SMILES string of the molecule is CN(Cc1cccnc1)C(=O)c1occc1CS(=O)(=O)c1ccccc1. The summed E-state index contributed by atoms with van der Waals surface area (Å²) in [6.45, 7) is 0.345. The van der Waals surface area contributed by atoms with Crippen molar-refractivity contribution in [2.75, 3.05) is 7.05 Å². The maximum Gasteiger partial charge on any atom is 0.289 e. The zero-order valence-electron chi connectivity index (χ0n) is 14.2. The highest BCUT2D eigenvalue weighted by Crippen LogP contribution is 2.21. The first kappa shape index (κ1) is 17.9. The Labute approximate surface area is 152 Å². The van der Waals surface area contributed by atoms with E-state index in [0.717, 1.165) is 5.56 Å². The maximum absolute atomic E-state index is 12.7. The van der Waals surface area contributed by atoms with Crippen LogP contribution in [-0.4, -0.2) is 31.3 Å². The van der Waals surface area contributed by atoms with Crippen molar-refractivity contribution < 1.29 is 17.6 Å². The third-order valence-corrected chi connectivity index (χ3v) is 5.56. The van der Waals surface area contributed by atoms with Crippen molar-refractivity contribution in [2.24, 2.45) is 0 Å². The Kier molecular flexibility index (Phi) is 5.18. The van der Waals surface area contributed by atoms with Gasteiger partial charge in [0, 0.05) is 31.5 Å². The lowest BCUT2D eigenvalue weighted by Gasteiger charge is -2.16. The van der Waals surface area contributed by atoms with Gasteiger partial charge in [-0.15, -0.1) is 0 Å². The number of carbonyl (C=O) groups is 1. The standard InChI is InChI=1S/C19H18N2O4S/c1-21(13-15-6-5-10-20-12-15)19(22)18-16(9-11-25-18)14-26(23,24)17-7-3-2-4-8-17/h2-12H,13-14H2,1H3. The summed E-state index contributed by atoms with van der Waals surface area (Å²) in [5.74, 6) is -0.636. The van der Waals surface area contributed by atoms with Gasteiger partial charge in [-0.25, -0.2) is 8.42 Å². The van der Waals surface area contributed by atoms with E-state index in [2.05, 4.69) is 4.98 Å². The monoisotopic (exact) mass is 370 g/mol. The Bertz CT molecular complexity index is 983. The fourth-order valence-electron chi connectivity index (χ4n) is 2.56. The summed E-state index contributed by atoms with van der Waals surface area (Å²) < 4.78 is 30.4. The topological polar surface area (TPSA) is 80.5 Å². The largest absolute Gasteiger partial charge is 0.459 e. The molecule has 1 amide bonds. The number of nitrogens with zero attached hydrogens (tertiary/aromatic N) is 2. The molecule has 2 heterocycles. The van der Waals surface area contributed by atoms with Crippen LogP contribution in [0.5, 0.6) is 0 Å². The Balaban J connectivity index is 1.79. The van der Waals surface area contributed by atoms with Crippen LogP contribution in [0.2, 0.25) is 0 Å². The van der Waals surface area contributed by atoms with E-state index >= 15 is 0 Å². The highest BCUT2D eigenvalue weighted by molar-refractivity contribution is 7.90. The fraction of sp³-hybridized carbons (Fsp3) is 0.158. The number of aromatic nitrogens is 1. The zero-order chi connectivity index (χ0) is 18.6. The van der Waals surface area contributed by atoms with Gasteiger partial charge in [0.1, 0.15) is 0 Å². The van der Waals surface area contributed by atoms with Gasteiger partial charge in [0.05, 0.1) is 16.9 Å². The van der Waals surface area contributed by atoms with Gasteiger partial charge in [0.25, 0.3) is 5.91 Å². The van der Waals surface area contributed by atoms with Crippen molar-refractivity contribution in [1.29, 1.82) is 0 Å². The maximum atomic E-state index is 12.7. The molecule has 0 fully saturated rings. The second-order valence-electron chi connectivity index (χ2n) is 5.87. The lowest BCUT2D eigenvalue weighted by molar-refractivity contribution is 0.0752. The van der Waals surface area contributed by atoms with Gasteiger partial charge >= 0.3 is 0 Å². The van der Waals surface area contributed by atoms with E-state index in [1.54, 1.807) is 43.7 Å². The van der Waals surface area contributed by atoms with Gasteiger partial charge in [-0.05, 0) is 29.8 Å². The molecule has 0 N–H and O–H groups in total. The normalized spacial score (nSPS) is 11.3. The molecule has 0 radical (unpaired) electrons. The molecule has 26 heavy (non-hydrogen) atoms. The summed E-state index contributed by atoms with van der Waals surface area (Å²) in [7, 11) is -1.93. The van der Waals surface area contributed by atoms with Crippen LogP contribution in [0.1, 0.15) is 21.7 Å². The molecule has 134 valence electrons. The highest BCUT2D eigenvalue weighted by Gasteiger charge is 2.24. The first-order chi connectivity index (χ1) is 12.5. The van der Waals surface area contributed by atoms with Crippen molar-refractivity contribution >= 4 is 15.7 Å². The second-order valence-corrected chi connectivity index (χ2v) is 7.86. The van der Waals surface area contributed by atoms with E-state index in [-0.39, 0.29) is 22.3 Å². The summed E-state index contributed by atoms with van der Waals surface area (Å²) in [6, 6.07) is 13.3. The molecular formula is C19H18N2O4S. The number of benzene rings is 1. The van der Waals surface area contributed by atoms with Crippen molar-refractivity contribution in [2.45, 2.75) is 17.2 Å². The molecule has 0 aliphatic heterocycles. The summed E-state index contributed by atoms with van der Waals surface area (Å²) in [5.41, 5.74) is 1.21. The second kappa shape index (κ2) is 7.53. The Hall–Kier alpha value is -2.93. The molecule has 0 spiro atoms. The molecule has 7 heteroatoms. The van der Waals surface area contributed by atoms with E-state index in [1.807, 2.05) is 6.07 Å². The number of carbonyl (C=O) groups excluding carboxylic acids is 1. The lowest BCUT2D eigenvalue weighted by Crippen LogP contribution is -2.27. The van der Waals surface area contributed by atoms with Gasteiger partial charge in [-0.2, -0.15) is 0 Å². The van der Waals surface area contributed by atoms with Crippen LogP contribution in [-0.2, 0) is 22.1 Å². The molecule has 0 bridgehead atoms. The molecule has 0 saturated heterocycles. The number of amides is 1. The van der Waals surface area contributed by atoms with Gasteiger partial charge in [-0.1, -0.05) is 24.3 Å². The molecule has 1 aromatic carbocycles. The molecule has 0 saturated carbocycles. The van der Waals surface area contributed by atoms with E-state index in [0.29, 0.717) is 12.1 Å². The number of rotatable bonds is 6. The van der Waals surface area contributed by atoms with E-state index in [1.165, 1.54) is 29.4 Å². The minimum atomic E-state index is -3.56. The minimum absolute atomic E-state index is 0.0379. The number of furan rings is 1. The summed E-state index contributed by atoms with van der Waals surface area (Å²) in [6.07, 6.45) is 4.66. The highest BCUT2D eigenvalue weighted by atomic mass is 32.2. The van der Waals surface area contributed by atoms with Crippen molar-refractivity contribution in [3.05, 3.63) is 84.1 Å². The molecule has 0 unspecified atom stereocenters. The first-order valence-electron chi connectivity index (χ1n) is 7.96. The fourth-order valence-corrected chi connectivity index (χ4v) is 3.94. The smallest absolute Gasteiger partial charge is 0.289 e. The third kappa shape index (κ3) is 4.00. The van der Waals surface area contributed by atoms with Gasteiger partial charge < -0.3 is 9.32 Å². The summed E-state index contributed by atoms with van der Waals surface area (Å²) in [5, 5.41) is 0. The minimum Gasteiger partial charge on any atom is -0.459 e. The van der Waals surface area contributed by atoms with E-state index < -0.39 is 9.84 Å². The quantitative estimate of drug-likeness (QED) is 0.666. The van der Waals surface area contributed by atoms with E-state index in [9.17, 15) is 13.2 Å². The predicted molar refractivity (Wildman–Crippen MR) is 96.1 cm³/mol. The number of pyridine rings is 1. The first-order valence-corrected chi connectivity index (χ1v) is 9.61. The molecule has 6 nitrogen and oxygen atoms in total. The van der Waals surface area contributed by atoms with Crippen LogP contribution < -0.4 is 0 Å². The van der Waals surface area contributed by atoms with Crippen LogP contribution in [0.4, 0.5) is 0 Å². The van der Waals surface area contributed by atoms with Crippen LogP contribution in [0.25, 0.3) is 0 Å². The molecule has 0 aliphatic rings. The van der Waals surface area contributed by atoms with Gasteiger partial charge in [0.2, 0.25) is 0 Å². The molecule has 2 aromatic heterocycles.